The van der Waals surface area contributed by atoms with Gasteiger partial charge in [0.15, 0.2) is 0 Å². The molecule has 0 bridgehead atoms. The Balaban J connectivity index is 1.32. The molecule has 158 valence electrons. The van der Waals surface area contributed by atoms with Crippen LogP contribution in [0.4, 0.5) is 0 Å². The molecule has 0 spiro atoms. The van der Waals surface area contributed by atoms with E-state index in [1.165, 1.54) is 0 Å². The summed E-state index contributed by atoms with van der Waals surface area (Å²) in [4.78, 5) is 28.8. The van der Waals surface area contributed by atoms with Gasteiger partial charge in [-0.05, 0) is 48.6 Å². The lowest BCUT2D eigenvalue weighted by Crippen LogP contribution is -2.73. The first-order valence-corrected chi connectivity index (χ1v) is 11.0. The molecular weight excluding hydrogens is 388 g/mol. The number of fused-ring (bicyclic) bond motifs is 1. The van der Waals surface area contributed by atoms with Gasteiger partial charge in [0, 0.05) is 30.0 Å². The van der Waals surface area contributed by atoms with Crippen molar-refractivity contribution in [1.82, 2.24) is 9.80 Å². The van der Waals surface area contributed by atoms with Crippen LogP contribution in [-0.2, 0) is 9.59 Å². The van der Waals surface area contributed by atoms with Crippen molar-refractivity contribution in [2.75, 3.05) is 19.7 Å². The molecule has 3 aliphatic rings. The van der Waals surface area contributed by atoms with Crippen LogP contribution in [-0.4, -0.2) is 58.5 Å². The molecule has 2 aliphatic heterocycles. The highest BCUT2D eigenvalue weighted by Crippen LogP contribution is 2.43. The van der Waals surface area contributed by atoms with E-state index in [1.807, 2.05) is 54.6 Å². The fourth-order valence-corrected chi connectivity index (χ4v) is 4.84. The standard InChI is InChI=1S/C26H26N2O3/c29-17-23-26(21-12-10-19(11-13-21)7-6-18-4-2-1-3-5-18)22-15-27(16-25(31)28(22)23)24(30)14-20-8-9-20/h1-5,10-13,20,22-23,26,29H,8-9,14-17H2/t22-,23+,26+/m1/s1. The van der Waals surface area contributed by atoms with Crippen LogP contribution in [0.15, 0.2) is 54.6 Å². The zero-order valence-corrected chi connectivity index (χ0v) is 17.4. The smallest absolute Gasteiger partial charge is 0.242 e. The Labute approximate surface area is 182 Å². The number of amides is 2. The number of benzene rings is 2. The van der Waals surface area contributed by atoms with Crippen LogP contribution in [0.2, 0.25) is 0 Å². The summed E-state index contributed by atoms with van der Waals surface area (Å²) in [5, 5.41) is 9.94. The first-order valence-electron chi connectivity index (χ1n) is 11.0. The van der Waals surface area contributed by atoms with Gasteiger partial charge in [0.1, 0.15) is 0 Å². The van der Waals surface area contributed by atoms with Gasteiger partial charge in [0.05, 0.1) is 25.2 Å². The van der Waals surface area contributed by atoms with E-state index in [0.717, 1.165) is 29.5 Å². The van der Waals surface area contributed by atoms with Crippen molar-refractivity contribution in [3.63, 3.8) is 0 Å². The van der Waals surface area contributed by atoms with Gasteiger partial charge in [0.2, 0.25) is 11.8 Å². The molecule has 2 aromatic rings. The molecule has 0 aromatic heterocycles. The van der Waals surface area contributed by atoms with Crippen LogP contribution in [0.5, 0.6) is 0 Å². The van der Waals surface area contributed by atoms with Crippen molar-refractivity contribution in [3.8, 4) is 11.8 Å². The Kier molecular flexibility index (Phi) is 5.25. The van der Waals surface area contributed by atoms with Crippen LogP contribution >= 0.6 is 0 Å². The van der Waals surface area contributed by atoms with Gasteiger partial charge in [-0.15, -0.1) is 0 Å². The summed E-state index contributed by atoms with van der Waals surface area (Å²) < 4.78 is 0. The van der Waals surface area contributed by atoms with E-state index in [1.54, 1.807) is 9.80 Å². The minimum atomic E-state index is -0.223. The normalized spacial score (nSPS) is 24.7. The monoisotopic (exact) mass is 414 g/mol. The Morgan fingerprint density at radius 2 is 1.68 bits per heavy atom. The molecule has 3 atom stereocenters. The second-order valence-corrected chi connectivity index (χ2v) is 8.80. The lowest BCUT2D eigenvalue weighted by molar-refractivity contribution is -0.167. The van der Waals surface area contributed by atoms with Gasteiger partial charge in [-0.3, -0.25) is 9.59 Å². The fourth-order valence-electron chi connectivity index (χ4n) is 4.84. The molecular formula is C26H26N2O3. The van der Waals surface area contributed by atoms with Crippen LogP contribution < -0.4 is 0 Å². The average Bonchev–Trinajstić information content (AvgIpc) is 3.59. The highest BCUT2D eigenvalue weighted by atomic mass is 16.3. The van der Waals surface area contributed by atoms with Crippen LogP contribution in [0.25, 0.3) is 0 Å². The highest BCUT2D eigenvalue weighted by molar-refractivity contribution is 5.88. The van der Waals surface area contributed by atoms with Crippen molar-refractivity contribution >= 4 is 11.8 Å². The molecule has 2 heterocycles. The average molecular weight is 415 g/mol. The second-order valence-electron chi connectivity index (χ2n) is 8.80. The Morgan fingerprint density at radius 1 is 1.00 bits per heavy atom. The third kappa shape index (κ3) is 3.96. The number of aliphatic hydroxyl groups excluding tert-OH is 1. The summed E-state index contributed by atoms with van der Waals surface area (Å²) in [6, 6.07) is 17.6. The van der Waals surface area contributed by atoms with Crippen molar-refractivity contribution in [2.45, 2.75) is 37.3 Å². The van der Waals surface area contributed by atoms with Gasteiger partial charge in [0.25, 0.3) is 0 Å². The van der Waals surface area contributed by atoms with Gasteiger partial charge in [-0.2, -0.15) is 0 Å². The van der Waals surface area contributed by atoms with E-state index in [0.29, 0.717) is 18.9 Å². The topological polar surface area (TPSA) is 60.9 Å². The summed E-state index contributed by atoms with van der Waals surface area (Å²) in [5.74, 6) is 6.91. The zero-order valence-electron chi connectivity index (χ0n) is 17.4. The molecule has 2 aromatic carbocycles. The number of carbonyl (C=O) groups is 2. The maximum atomic E-state index is 12.7. The number of hydrogen-bond donors (Lipinski definition) is 1. The van der Waals surface area contributed by atoms with E-state index in [2.05, 4.69) is 11.8 Å². The summed E-state index contributed by atoms with van der Waals surface area (Å²) >= 11 is 0. The minimum Gasteiger partial charge on any atom is -0.394 e. The van der Waals surface area contributed by atoms with Crippen molar-refractivity contribution in [3.05, 3.63) is 71.3 Å². The lowest BCUT2D eigenvalue weighted by Gasteiger charge is -2.58. The minimum absolute atomic E-state index is 0.0293. The number of nitrogens with zero attached hydrogens (tertiary/aromatic N) is 2. The number of aliphatic hydroxyl groups is 1. The lowest BCUT2D eigenvalue weighted by atomic mass is 9.73. The SMILES string of the molecule is O=C(CC1CC1)N1CC(=O)N2[C@H](C1)[C@H](c1ccc(C#Cc3ccccc3)cc1)[C@@H]2CO. The molecule has 5 nitrogen and oxygen atoms in total. The summed E-state index contributed by atoms with van der Waals surface area (Å²) in [7, 11) is 0. The van der Waals surface area contributed by atoms with E-state index in [-0.39, 0.29) is 43.0 Å². The second kappa shape index (κ2) is 8.20. The Bertz CT molecular complexity index is 1030. The molecule has 2 amide bonds. The molecule has 0 unspecified atom stereocenters. The van der Waals surface area contributed by atoms with Gasteiger partial charge < -0.3 is 14.9 Å². The maximum Gasteiger partial charge on any atom is 0.242 e. The predicted molar refractivity (Wildman–Crippen MR) is 117 cm³/mol. The number of carbonyl (C=O) groups excluding carboxylic acids is 2. The summed E-state index contributed by atoms with van der Waals surface area (Å²) in [6.45, 7) is 0.617. The Morgan fingerprint density at radius 3 is 2.32 bits per heavy atom. The predicted octanol–water partition coefficient (Wildman–Crippen LogP) is 2.38. The van der Waals surface area contributed by atoms with E-state index >= 15 is 0 Å². The van der Waals surface area contributed by atoms with E-state index in [4.69, 9.17) is 0 Å². The number of hydrogen-bond acceptors (Lipinski definition) is 3. The van der Waals surface area contributed by atoms with Crippen LogP contribution in [0.3, 0.4) is 0 Å². The van der Waals surface area contributed by atoms with Crippen molar-refractivity contribution in [2.24, 2.45) is 5.92 Å². The molecule has 1 saturated carbocycles. The molecule has 5 heteroatoms. The summed E-state index contributed by atoms with van der Waals surface area (Å²) in [5.41, 5.74) is 2.97. The third-order valence-corrected chi connectivity index (χ3v) is 6.69. The van der Waals surface area contributed by atoms with Crippen LogP contribution in [0, 0.1) is 17.8 Å². The largest absolute Gasteiger partial charge is 0.394 e. The van der Waals surface area contributed by atoms with E-state index in [9.17, 15) is 14.7 Å². The highest BCUT2D eigenvalue weighted by Gasteiger charge is 2.54. The van der Waals surface area contributed by atoms with E-state index < -0.39 is 0 Å². The van der Waals surface area contributed by atoms with Crippen molar-refractivity contribution in [1.29, 1.82) is 0 Å². The number of piperazine rings is 1. The fraction of sp³-hybridized carbons (Fsp3) is 0.385. The molecule has 31 heavy (non-hydrogen) atoms. The molecule has 0 radical (unpaired) electrons. The third-order valence-electron chi connectivity index (χ3n) is 6.69. The van der Waals surface area contributed by atoms with Gasteiger partial charge in [-0.1, -0.05) is 42.2 Å². The van der Waals surface area contributed by atoms with Gasteiger partial charge in [-0.25, -0.2) is 0 Å². The quantitative estimate of drug-likeness (QED) is 0.782. The zero-order chi connectivity index (χ0) is 21.4. The molecule has 1 aliphatic carbocycles. The maximum absolute atomic E-state index is 12.7. The molecule has 1 N–H and O–H groups in total. The molecule has 5 rings (SSSR count). The molecule has 3 fully saturated rings. The first kappa shape index (κ1) is 19.8. The van der Waals surface area contributed by atoms with Crippen LogP contribution in [0.1, 0.15) is 41.9 Å². The van der Waals surface area contributed by atoms with Crippen molar-refractivity contribution < 1.29 is 14.7 Å². The van der Waals surface area contributed by atoms with Gasteiger partial charge >= 0.3 is 0 Å². The number of rotatable bonds is 4. The summed E-state index contributed by atoms with van der Waals surface area (Å²) in [6.07, 6.45) is 2.80. The first-order chi connectivity index (χ1) is 15.1. The Hall–Kier alpha value is -3.10. The molecule has 2 saturated heterocycles.